The maximum absolute atomic E-state index is 2.20. The van der Waals surface area contributed by atoms with Gasteiger partial charge in [0.1, 0.15) is 0 Å². The summed E-state index contributed by atoms with van der Waals surface area (Å²) < 4.78 is 0. The summed E-state index contributed by atoms with van der Waals surface area (Å²) in [4.78, 5) is 0. The fourth-order valence-electron chi connectivity index (χ4n) is 3.76. The maximum Gasteiger partial charge on any atom is -0.00258 e. The van der Waals surface area contributed by atoms with Gasteiger partial charge in [-0.15, -0.1) is 0 Å². The molecule has 5 rings (SSSR count). The van der Waals surface area contributed by atoms with Crippen molar-refractivity contribution in [3.8, 4) is 11.1 Å². The molecule has 0 spiro atoms. The number of hydrogen-bond acceptors (Lipinski definition) is 0. The van der Waals surface area contributed by atoms with Crippen molar-refractivity contribution in [3.05, 3.63) is 144 Å². The fraction of sp³-hybridized carbons (Fsp3) is 0.0667. The Morgan fingerprint density at radius 1 is 0.433 bits per heavy atom. The lowest BCUT2D eigenvalue weighted by molar-refractivity contribution is 1.19. The fourth-order valence-corrected chi connectivity index (χ4v) is 3.76. The molecule has 0 aliphatic heterocycles. The van der Waals surface area contributed by atoms with E-state index in [1.54, 1.807) is 0 Å². The molecule has 0 unspecified atom stereocenters. The number of benzene rings is 5. The maximum atomic E-state index is 2.20. The third kappa shape index (κ3) is 4.85. The molecule has 0 aliphatic rings. The monoisotopic (exact) mass is 386 g/mol. The zero-order chi connectivity index (χ0) is 20.6. The Labute approximate surface area is 179 Å². The summed E-state index contributed by atoms with van der Waals surface area (Å²) in [5.74, 6) is 0. The van der Waals surface area contributed by atoms with Gasteiger partial charge in [-0.25, -0.2) is 0 Å². The number of aryl methyl sites for hydroxylation is 1. The van der Waals surface area contributed by atoms with Gasteiger partial charge in [0.05, 0.1) is 0 Å². The number of hydrogen-bond donors (Lipinski definition) is 0. The molecule has 0 fully saturated rings. The quantitative estimate of drug-likeness (QED) is 0.294. The smallest absolute Gasteiger partial charge is 0.00258 e. The van der Waals surface area contributed by atoms with Crippen LogP contribution in [0.2, 0.25) is 0 Å². The summed E-state index contributed by atoms with van der Waals surface area (Å²) in [6.07, 6.45) is 1.03. The molecule has 0 saturated carbocycles. The molecule has 0 bridgehead atoms. The first kappa shape index (κ1) is 19.7. The lowest BCUT2D eigenvalue weighted by atomic mass is 9.96. The van der Waals surface area contributed by atoms with Crippen LogP contribution in [0.15, 0.2) is 127 Å². The summed E-state index contributed by atoms with van der Waals surface area (Å²) in [7, 11) is 0. The summed E-state index contributed by atoms with van der Waals surface area (Å²) >= 11 is 0. The van der Waals surface area contributed by atoms with Gasteiger partial charge in [-0.3, -0.25) is 0 Å². The molecule has 5 aromatic carbocycles. The van der Waals surface area contributed by atoms with Gasteiger partial charge >= 0.3 is 0 Å². The van der Waals surface area contributed by atoms with Crippen LogP contribution in [0.4, 0.5) is 0 Å². The van der Waals surface area contributed by atoms with Gasteiger partial charge in [0.15, 0.2) is 0 Å². The normalized spacial score (nSPS) is 10.3. The molecule has 146 valence electrons. The molecule has 30 heavy (non-hydrogen) atoms. The Morgan fingerprint density at radius 2 is 0.933 bits per heavy atom. The van der Waals surface area contributed by atoms with Crippen LogP contribution >= 0.6 is 0 Å². The second-order valence-electron chi connectivity index (χ2n) is 7.49. The molecule has 0 heteroatoms. The van der Waals surface area contributed by atoms with Crippen LogP contribution in [0.25, 0.3) is 21.9 Å². The van der Waals surface area contributed by atoms with Crippen LogP contribution < -0.4 is 0 Å². The summed E-state index contributed by atoms with van der Waals surface area (Å²) in [5.41, 5.74) is 6.66. The Bertz CT molecular complexity index is 1150. The van der Waals surface area contributed by atoms with E-state index in [0.29, 0.717) is 0 Å². The van der Waals surface area contributed by atoms with Crippen molar-refractivity contribution in [2.24, 2.45) is 0 Å². The van der Waals surface area contributed by atoms with Crippen LogP contribution in [0.5, 0.6) is 0 Å². The van der Waals surface area contributed by atoms with E-state index in [4.69, 9.17) is 0 Å². The number of fused-ring (bicyclic) bond motifs is 1. The Kier molecular flexibility index (Phi) is 6.37. The second kappa shape index (κ2) is 9.71. The summed E-state index contributed by atoms with van der Waals surface area (Å²) in [6, 6.07) is 44.6. The molecule has 0 heterocycles. The van der Waals surface area contributed by atoms with Crippen LogP contribution in [-0.4, -0.2) is 0 Å². The largest absolute Gasteiger partial charge is 0.0622 e. The first-order valence-corrected chi connectivity index (χ1v) is 10.4. The van der Waals surface area contributed by atoms with Crippen molar-refractivity contribution in [2.45, 2.75) is 13.3 Å². The van der Waals surface area contributed by atoms with Gasteiger partial charge < -0.3 is 0 Å². The van der Waals surface area contributed by atoms with Crippen LogP contribution in [0.3, 0.4) is 0 Å². The van der Waals surface area contributed by atoms with Crippen LogP contribution in [-0.2, 0) is 6.42 Å². The van der Waals surface area contributed by atoms with E-state index in [1.807, 2.05) is 0 Å². The molecule has 0 atom stereocenters. The van der Waals surface area contributed by atoms with Gasteiger partial charge in [-0.2, -0.15) is 0 Å². The highest BCUT2D eigenvalue weighted by Crippen LogP contribution is 2.29. The summed E-state index contributed by atoms with van der Waals surface area (Å²) in [6.45, 7) is 2.16. The van der Waals surface area contributed by atoms with E-state index >= 15 is 0 Å². The molecule has 0 aliphatic carbocycles. The van der Waals surface area contributed by atoms with Gasteiger partial charge in [-0.05, 0) is 51.9 Å². The minimum atomic E-state index is 1.03. The zero-order valence-electron chi connectivity index (χ0n) is 17.3. The molecule has 0 amide bonds. The molecule has 0 N–H and O–H groups in total. The topological polar surface area (TPSA) is 0 Å². The van der Waals surface area contributed by atoms with E-state index in [-0.39, 0.29) is 0 Å². The third-order valence-corrected chi connectivity index (χ3v) is 5.32. The lowest BCUT2D eigenvalue weighted by Crippen LogP contribution is -1.85. The van der Waals surface area contributed by atoms with Crippen LogP contribution in [0, 0.1) is 6.92 Å². The van der Waals surface area contributed by atoms with Crippen molar-refractivity contribution in [1.82, 2.24) is 0 Å². The Balaban J connectivity index is 0.000000151. The average Bonchev–Trinajstić information content (AvgIpc) is 2.81. The van der Waals surface area contributed by atoms with Crippen molar-refractivity contribution in [3.63, 3.8) is 0 Å². The molecule has 0 saturated heterocycles. The highest BCUT2D eigenvalue weighted by molar-refractivity contribution is 5.98. The van der Waals surface area contributed by atoms with E-state index in [1.165, 1.54) is 38.6 Å². The SMILES string of the molecule is Cc1cccc2c(-c3ccccc3)cccc12.c1ccc(Cc2ccccc2)cc1. The minimum Gasteiger partial charge on any atom is -0.0622 e. The van der Waals surface area contributed by atoms with Gasteiger partial charge in [0.2, 0.25) is 0 Å². The minimum absolute atomic E-state index is 1.03. The highest BCUT2D eigenvalue weighted by atomic mass is 14.1. The van der Waals surface area contributed by atoms with Crippen molar-refractivity contribution in [1.29, 1.82) is 0 Å². The van der Waals surface area contributed by atoms with E-state index < -0.39 is 0 Å². The second-order valence-corrected chi connectivity index (χ2v) is 7.49. The van der Waals surface area contributed by atoms with Gasteiger partial charge in [-0.1, -0.05) is 127 Å². The van der Waals surface area contributed by atoms with Crippen molar-refractivity contribution < 1.29 is 0 Å². The zero-order valence-corrected chi connectivity index (χ0v) is 17.3. The third-order valence-electron chi connectivity index (χ3n) is 5.32. The van der Waals surface area contributed by atoms with E-state index in [0.717, 1.165) is 6.42 Å². The molecule has 5 aromatic rings. The molecular formula is C30H26. The lowest BCUT2D eigenvalue weighted by Gasteiger charge is -2.08. The predicted octanol–water partition coefficient (Wildman–Crippen LogP) is 8.09. The molecular weight excluding hydrogens is 360 g/mol. The Hall–Kier alpha value is -3.64. The standard InChI is InChI=1S/C17H14.C13H12/c1-13-7-5-12-17-15(13)10-6-11-16(17)14-8-3-2-4-9-14;1-3-7-12(8-4-1)11-13-9-5-2-6-10-13/h2-12H,1H3;1-10H,11H2. The van der Waals surface area contributed by atoms with Gasteiger partial charge in [0.25, 0.3) is 0 Å². The van der Waals surface area contributed by atoms with Crippen molar-refractivity contribution >= 4 is 10.8 Å². The predicted molar refractivity (Wildman–Crippen MR) is 130 cm³/mol. The van der Waals surface area contributed by atoms with Gasteiger partial charge in [0, 0.05) is 0 Å². The van der Waals surface area contributed by atoms with E-state index in [2.05, 4.69) is 134 Å². The first-order chi connectivity index (χ1) is 14.8. The Morgan fingerprint density at radius 3 is 1.53 bits per heavy atom. The van der Waals surface area contributed by atoms with Crippen LogP contribution in [0.1, 0.15) is 16.7 Å². The first-order valence-electron chi connectivity index (χ1n) is 10.4. The summed E-state index contributed by atoms with van der Waals surface area (Å²) in [5, 5.41) is 2.67. The number of rotatable bonds is 3. The van der Waals surface area contributed by atoms with E-state index in [9.17, 15) is 0 Å². The van der Waals surface area contributed by atoms with Crippen molar-refractivity contribution in [2.75, 3.05) is 0 Å². The average molecular weight is 387 g/mol. The highest BCUT2D eigenvalue weighted by Gasteiger charge is 2.03. The molecule has 0 radical (unpaired) electrons. The molecule has 0 aromatic heterocycles. The molecule has 0 nitrogen and oxygen atoms in total.